The van der Waals surface area contributed by atoms with E-state index < -0.39 is 5.60 Å². The molecule has 0 bridgehead atoms. The molecule has 3 nitrogen and oxygen atoms in total. The van der Waals surface area contributed by atoms with Crippen molar-refractivity contribution in [2.24, 2.45) is 5.41 Å². The minimum atomic E-state index is -1.19. The van der Waals surface area contributed by atoms with E-state index in [1.54, 1.807) is 12.4 Å². The predicted molar refractivity (Wildman–Crippen MR) is 77.3 cm³/mol. The van der Waals surface area contributed by atoms with Crippen LogP contribution in [-0.2, 0) is 5.60 Å². The third-order valence-electron chi connectivity index (χ3n) is 3.48. The van der Waals surface area contributed by atoms with E-state index in [1.165, 1.54) is 6.33 Å². The molecule has 1 N–H and O–H groups in total. The van der Waals surface area contributed by atoms with Crippen LogP contribution in [0.1, 0.15) is 58.9 Å². The summed E-state index contributed by atoms with van der Waals surface area (Å²) in [6.45, 7) is 8.29. The average molecular weight is 260 g/mol. The van der Waals surface area contributed by atoms with E-state index in [0.29, 0.717) is 5.56 Å². The van der Waals surface area contributed by atoms with Gasteiger partial charge >= 0.3 is 0 Å². The summed E-state index contributed by atoms with van der Waals surface area (Å²) in [5.74, 6) is 6.15. The minimum absolute atomic E-state index is 0.340. The van der Waals surface area contributed by atoms with Gasteiger partial charge in [-0.3, -0.25) is 0 Å². The number of rotatable bonds is 5. The third-order valence-corrected chi connectivity index (χ3v) is 3.48. The van der Waals surface area contributed by atoms with Gasteiger partial charge < -0.3 is 5.11 Å². The molecule has 0 radical (unpaired) electrons. The summed E-state index contributed by atoms with van der Waals surface area (Å²) in [6, 6.07) is 0. The molecule has 1 aromatic heterocycles. The second-order valence-electron chi connectivity index (χ2n) is 5.52. The van der Waals surface area contributed by atoms with Crippen molar-refractivity contribution in [1.29, 1.82) is 0 Å². The van der Waals surface area contributed by atoms with Crippen LogP contribution < -0.4 is 0 Å². The largest absolute Gasteiger partial charge is 0.373 e. The van der Waals surface area contributed by atoms with Gasteiger partial charge in [-0.2, -0.15) is 0 Å². The van der Waals surface area contributed by atoms with Crippen LogP contribution in [0.25, 0.3) is 0 Å². The number of nitrogens with zero attached hydrogens (tertiary/aromatic N) is 2. The van der Waals surface area contributed by atoms with Crippen molar-refractivity contribution in [3.8, 4) is 11.8 Å². The summed E-state index contributed by atoms with van der Waals surface area (Å²) in [6.07, 6.45) is 8.45. The first-order valence-corrected chi connectivity index (χ1v) is 6.96. The number of aromatic nitrogens is 2. The van der Waals surface area contributed by atoms with E-state index in [0.717, 1.165) is 25.7 Å². The zero-order valence-electron chi connectivity index (χ0n) is 12.4. The third kappa shape index (κ3) is 3.54. The Kier molecular flexibility index (Phi) is 5.50. The van der Waals surface area contributed by atoms with Crippen molar-refractivity contribution in [2.75, 3.05) is 0 Å². The Labute approximate surface area is 116 Å². The van der Waals surface area contributed by atoms with Gasteiger partial charge in [0, 0.05) is 29.8 Å². The van der Waals surface area contributed by atoms with Gasteiger partial charge in [-0.1, -0.05) is 46.0 Å². The zero-order valence-corrected chi connectivity index (χ0v) is 12.4. The molecule has 1 aromatic rings. The van der Waals surface area contributed by atoms with Crippen molar-refractivity contribution in [1.82, 2.24) is 9.97 Å². The fraction of sp³-hybridized carbons (Fsp3) is 0.625. The highest BCUT2D eigenvalue weighted by molar-refractivity contribution is 5.31. The van der Waals surface area contributed by atoms with Crippen LogP contribution in [-0.4, -0.2) is 15.1 Å². The smallest absolute Gasteiger partial charge is 0.158 e. The highest BCUT2D eigenvalue weighted by atomic mass is 16.3. The maximum atomic E-state index is 11.1. The van der Waals surface area contributed by atoms with Crippen LogP contribution in [0.4, 0.5) is 0 Å². The summed E-state index contributed by atoms with van der Waals surface area (Å²) >= 11 is 0. The van der Waals surface area contributed by atoms with Crippen molar-refractivity contribution >= 4 is 0 Å². The van der Waals surface area contributed by atoms with Crippen LogP contribution in [0, 0.1) is 17.3 Å². The topological polar surface area (TPSA) is 46.0 Å². The Morgan fingerprint density at radius 1 is 1.16 bits per heavy atom. The normalized spacial score (nSPS) is 14.4. The van der Waals surface area contributed by atoms with Crippen LogP contribution in [0.3, 0.4) is 0 Å². The summed E-state index contributed by atoms with van der Waals surface area (Å²) in [4.78, 5) is 8.03. The molecule has 19 heavy (non-hydrogen) atoms. The quantitative estimate of drug-likeness (QED) is 0.826. The first kappa shape index (κ1) is 15.7. The maximum Gasteiger partial charge on any atom is 0.158 e. The molecule has 1 rings (SSSR count). The van der Waals surface area contributed by atoms with Gasteiger partial charge in [0.1, 0.15) is 6.33 Å². The Morgan fingerprint density at radius 2 is 1.79 bits per heavy atom. The molecule has 0 aromatic carbocycles. The molecule has 0 saturated carbocycles. The monoisotopic (exact) mass is 260 g/mol. The van der Waals surface area contributed by atoms with Crippen LogP contribution in [0.15, 0.2) is 18.7 Å². The van der Waals surface area contributed by atoms with Crippen molar-refractivity contribution in [2.45, 2.75) is 59.0 Å². The van der Waals surface area contributed by atoms with E-state index >= 15 is 0 Å². The van der Waals surface area contributed by atoms with E-state index in [2.05, 4.69) is 35.7 Å². The molecule has 0 aliphatic carbocycles. The van der Waals surface area contributed by atoms with Crippen LogP contribution in [0.5, 0.6) is 0 Å². The van der Waals surface area contributed by atoms with Crippen LogP contribution in [0.2, 0.25) is 0 Å². The van der Waals surface area contributed by atoms with Crippen LogP contribution >= 0.6 is 0 Å². The molecular weight excluding hydrogens is 236 g/mol. The number of unbranched alkanes of at least 4 members (excludes halogenated alkanes) is 1. The fourth-order valence-electron chi connectivity index (χ4n) is 2.24. The van der Waals surface area contributed by atoms with Crippen molar-refractivity contribution in [3.05, 3.63) is 24.3 Å². The zero-order chi connectivity index (χ0) is 14.4. The van der Waals surface area contributed by atoms with Gasteiger partial charge in [0.25, 0.3) is 0 Å². The summed E-state index contributed by atoms with van der Waals surface area (Å²) in [5, 5.41) is 11.1. The van der Waals surface area contributed by atoms with Crippen molar-refractivity contribution in [3.63, 3.8) is 0 Å². The SMILES string of the molecule is CCCC#CC(O)(c1cncnc1)C(C)(C)CCC. The van der Waals surface area contributed by atoms with E-state index in [4.69, 9.17) is 0 Å². The number of hydrogen-bond donors (Lipinski definition) is 1. The molecule has 0 saturated heterocycles. The summed E-state index contributed by atoms with van der Waals surface area (Å²) in [5.41, 5.74) is -0.857. The Bertz CT molecular complexity index is 445. The first-order chi connectivity index (χ1) is 8.98. The maximum absolute atomic E-state index is 11.1. The van der Waals surface area contributed by atoms with Crippen molar-refractivity contribution < 1.29 is 5.11 Å². The van der Waals surface area contributed by atoms with E-state index in [1.807, 2.05) is 13.8 Å². The molecule has 0 aliphatic heterocycles. The van der Waals surface area contributed by atoms with E-state index in [-0.39, 0.29) is 5.41 Å². The van der Waals surface area contributed by atoms with Gasteiger partial charge in [-0.25, -0.2) is 9.97 Å². The average Bonchev–Trinajstić information content (AvgIpc) is 2.39. The van der Waals surface area contributed by atoms with Gasteiger partial charge in [0.15, 0.2) is 5.60 Å². The van der Waals surface area contributed by atoms with Gasteiger partial charge in [-0.15, -0.1) is 0 Å². The second kappa shape index (κ2) is 6.68. The molecule has 1 unspecified atom stereocenters. The van der Waals surface area contributed by atoms with Gasteiger partial charge in [-0.05, 0) is 12.8 Å². The minimum Gasteiger partial charge on any atom is -0.373 e. The molecule has 3 heteroatoms. The summed E-state index contributed by atoms with van der Waals surface area (Å²) in [7, 11) is 0. The molecule has 0 fully saturated rings. The molecule has 0 spiro atoms. The Morgan fingerprint density at radius 3 is 2.32 bits per heavy atom. The fourth-order valence-corrected chi connectivity index (χ4v) is 2.24. The lowest BCUT2D eigenvalue weighted by molar-refractivity contribution is -0.0264. The Hall–Kier alpha value is -1.40. The molecule has 104 valence electrons. The predicted octanol–water partition coefficient (Wildman–Crippen LogP) is 3.29. The lowest BCUT2D eigenvalue weighted by atomic mass is 9.69. The highest BCUT2D eigenvalue weighted by Gasteiger charge is 2.43. The molecular formula is C16H24N2O. The standard InChI is InChI=1S/C16H24N2O/c1-5-7-8-10-16(19,15(3,4)9-6-2)14-11-17-13-18-12-14/h11-13,19H,5-7,9H2,1-4H3. The molecule has 1 heterocycles. The summed E-state index contributed by atoms with van der Waals surface area (Å²) < 4.78 is 0. The lowest BCUT2D eigenvalue weighted by Crippen LogP contribution is -2.41. The Balaban J connectivity index is 3.22. The number of hydrogen-bond acceptors (Lipinski definition) is 3. The highest BCUT2D eigenvalue weighted by Crippen LogP contribution is 2.42. The molecule has 0 amide bonds. The number of aliphatic hydroxyl groups is 1. The van der Waals surface area contributed by atoms with E-state index in [9.17, 15) is 5.11 Å². The second-order valence-corrected chi connectivity index (χ2v) is 5.52. The molecule has 1 atom stereocenters. The first-order valence-electron chi connectivity index (χ1n) is 6.96. The van der Waals surface area contributed by atoms with Gasteiger partial charge in [0.05, 0.1) is 0 Å². The van der Waals surface area contributed by atoms with Gasteiger partial charge in [0.2, 0.25) is 0 Å². The lowest BCUT2D eigenvalue weighted by Gasteiger charge is -2.39. The molecule has 0 aliphatic rings.